The fourth-order valence-corrected chi connectivity index (χ4v) is 0.888. The Morgan fingerprint density at radius 3 is 2.40 bits per heavy atom. The van der Waals surface area contributed by atoms with E-state index in [4.69, 9.17) is 9.66 Å². The summed E-state index contributed by atoms with van der Waals surface area (Å²) in [5.74, 6) is 0.225. The minimum atomic E-state index is -2.30. The van der Waals surface area contributed by atoms with Crippen LogP contribution < -0.4 is 29.6 Å². The van der Waals surface area contributed by atoms with Crippen molar-refractivity contribution in [2.45, 2.75) is 6.10 Å². The van der Waals surface area contributed by atoms with Crippen LogP contribution in [-0.2, 0) is 15.5 Å². The Morgan fingerprint density at radius 1 is 1.80 bits per heavy atom. The molecule has 2 unspecified atom stereocenters. The van der Waals surface area contributed by atoms with Gasteiger partial charge in [0.15, 0.2) is 0 Å². The molecule has 0 aliphatic heterocycles. The van der Waals surface area contributed by atoms with E-state index in [0.29, 0.717) is 0 Å². The quantitative estimate of drug-likeness (QED) is 0.248. The number of rotatable bonds is 4. The topological polar surface area (TPSA) is 66.8 Å². The molecule has 0 rings (SSSR count). The SMILES string of the molecule is O=S(O)OC(CO)CS.[H-].[Na+]. The van der Waals surface area contributed by atoms with Crippen molar-refractivity contribution < 1.29 is 49.0 Å². The van der Waals surface area contributed by atoms with Crippen LogP contribution in [0.1, 0.15) is 1.43 Å². The van der Waals surface area contributed by atoms with Crippen molar-refractivity contribution >= 4 is 24.0 Å². The van der Waals surface area contributed by atoms with Crippen LogP contribution in [0.2, 0.25) is 0 Å². The number of aliphatic hydroxyl groups excluding tert-OH is 1. The molecule has 0 aliphatic carbocycles. The average molecular weight is 196 g/mol. The predicted molar refractivity (Wildman–Crippen MR) is 37.7 cm³/mol. The van der Waals surface area contributed by atoms with E-state index < -0.39 is 17.5 Å². The third-order valence-corrected chi connectivity index (χ3v) is 1.47. The van der Waals surface area contributed by atoms with E-state index in [1.165, 1.54) is 0 Å². The van der Waals surface area contributed by atoms with Crippen LogP contribution >= 0.6 is 12.6 Å². The van der Waals surface area contributed by atoms with E-state index in [9.17, 15) is 4.21 Å². The summed E-state index contributed by atoms with van der Waals surface area (Å²) in [6.45, 7) is -0.296. The van der Waals surface area contributed by atoms with E-state index in [0.717, 1.165) is 0 Å². The Bertz CT molecular complexity index is 101. The first-order valence-electron chi connectivity index (χ1n) is 2.20. The van der Waals surface area contributed by atoms with E-state index in [1.807, 2.05) is 0 Å². The molecule has 4 nitrogen and oxygen atoms in total. The van der Waals surface area contributed by atoms with Gasteiger partial charge in [0.25, 0.3) is 0 Å². The van der Waals surface area contributed by atoms with E-state index >= 15 is 0 Å². The Labute approximate surface area is 91.0 Å². The van der Waals surface area contributed by atoms with Crippen molar-refractivity contribution in [1.29, 1.82) is 0 Å². The van der Waals surface area contributed by atoms with Crippen LogP contribution in [0.4, 0.5) is 0 Å². The first-order chi connectivity index (χ1) is 4.20. The van der Waals surface area contributed by atoms with Crippen molar-refractivity contribution in [3.63, 3.8) is 0 Å². The molecule has 0 saturated carbocycles. The zero-order chi connectivity index (χ0) is 7.28. The molecule has 58 valence electrons. The Kier molecular flexibility index (Phi) is 11.8. The molecule has 7 heteroatoms. The van der Waals surface area contributed by atoms with Gasteiger partial charge in [-0.3, -0.25) is 8.74 Å². The molecule has 0 aliphatic rings. The normalized spacial score (nSPS) is 15.5. The molecule has 0 aromatic carbocycles. The third-order valence-electron chi connectivity index (χ3n) is 0.626. The summed E-state index contributed by atoms with van der Waals surface area (Å²) in [4.78, 5) is 0. The van der Waals surface area contributed by atoms with Gasteiger partial charge >= 0.3 is 40.9 Å². The number of thiol groups is 1. The molecule has 0 bridgehead atoms. The molecule has 0 heterocycles. The molecular weight excluding hydrogens is 187 g/mol. The molecule has 0 spiro atoms. The van der Waals surface area contributed by atoms with Crippen molar-refractivity contribution in [2.75, 3.05) is 12.4 Å². The van der Waals surface area contributed by atoms with Crippen LogP contribution in [0.15, 0.2) is 0 Å². The van der Waals surface area contributed by atoms with Crippen LogP contribution in [0.3, 0.4) is 0 Å². The van der Waals surface area contributed by atoms with E-state index in [2.05, 4.69) is 16.8 Å². The maximum absolute atomic E-state index is 9.87. The molecule has 2 N–H and O–H groups in total. The second-order valence-corrected chi connectivity index (χ2v) is 2.29. The molecule has 0 saturated heterocycles. The molecule has 0 fully saturated rings. The summed E-state index contributed by atoms with van der Waals surface area (Å²) in [7, 11) is 0. The maximum Gasteiger partial charge on any atom is 1.00 e. The van der Waals surface area contributed by atoms with Crippen LogP contribution in [0.25, 0.3) is 0 Å². The average Bonchev–Trinajstić information content (AvgIpc) is 1.82. The Balaban J connectivity index is -0.000000320. The van der Waals surface area contributed by atoms with Gasteiger partial charge in [-0.2, -0.15) is 16.8 Å². The zero-order valence-corrected chi connectivity index (χ0v) is 9.27. The van der Waals surface area contributed by atoms with Gasteiger partial charge in [-0.1, -0.05) is 0 Å². The van der Waals surface area contributed by atoms with Gasteiger partial charge in [0, 0.05) is 5.75 Å². The summed E-state index contributed by atoms with van der Waals surface area (Å²) < 4.78 is 22.2. The minimum absolute atomic E-state index is 0. The first-order valence-corrected chi connectivity index (χ1v) is 3.86. The summed E-state index contributed by atoms with van der Waals surface area (Å²) in [6.07, 6.45) is -0.654. The van der Waals surface area contributed by atoms with Gasteiger partial charge in [-0.05, 0) is 0 Å². The fourth-order valence-electron chi connectivity index (χ4n) is 0.235. The molecule has 0 aromatic rings. The van der Waals surface area contributed by atoms with Gasteiger partial charge in [-0.15, -0.1) is 0 Å². The predicted octanol–water partition coefficient (Wildman–Crippen LogP) is -3.45. The van der Waals surface area contributed by atoms with Crippen molar-refractivity contribution in [1.82, 2.24) is 0 Å². The maximum atomic E-state index is 9.87. The molecule has 0 aromatic heterocycles. The van der Waals surface area contributed by atoms with Crippen molar-refractivity contribution in [3.05, 3.63) is 0 Å². The number of aliphatic hydroxyl groups is 1. The van der Waals surface area contributed by atoms with Crippen LogP contribution in [-0.4, -0.2) is 32.3 Å². The largest absolute Gasteiger partial charge is 1.00 e. The Morgan fingerprint density at radius 2 is 2.30 bits per heavy atom. The van der Waals surface area contributed by atoms with Crippen LogP contribution in [0.5, 0.6) is 0 Å². The monoisotopic (exact) mass is 196 g/mol. The van der Waals surface area contributed by atoms with Crippen molar-refractivity contribution in [2.24, 2.45) is 0 Å². The zero-order valence-electron chi connectivity index (χ0n) is 6.56. The van der Waals surface area contributed by atoms with Gasteiger partial charge < -0.3 is 6.53 Å². The number of hydrogen-bond donors (Lipinski definition) is 3. The fraction of sp³-hybridized carbons (Fsp3) is 1.00. The van der Waals surface area contributed by atoms with E-state index in [-0.39, 0.29) is 43.3 Å². The van der Waals surface area contributed by atoms with Crippen molar-refractivity contribution in [3.8, 4) is 0 Å². The molecular formula is C3H9NaO4S2. The summed E-state index contributed by atoms with van der Waals surface area (Å²) in [6, 6.07) is 0. The second kappa shape index (κ2) is 8.48. The standard InChI is InChI=1S/C3H8O4S2.Na.H/c4-1-3(2-8)7-9(5)6;;/h3-4,8H,1-2H2,(H,5,6);;/q;+1;-1. The van der Waals surface area contributed by atoms with Gasteiger partial charge in [0.1, 0.15) is 6.10 Å². The van der Waals surface area contributed by atoms with Gasteiger partial charge in [0.2, 0.25) is 0 Å². The molecule has 0 amide bonds. The van der Waals surface area contributed by atoms with E-state index in [1.54, 1.807) is 0 Å². The summed E-state index contributed by atoms with van der Waals surface area (Å²) in [5, 5.41) is 8.36. The first kappa shape index (κ1) is 13.9. The van der Waals surface area contributed by atoms with Crippen LogP contribution in [0, 0.1) is 0 Å². The summed E-state index contributed by atoms with van der Waals surface area (Å²) in [5.41, 5.74) is 0. The number of hydrogen-bond acceptors (Lipinski definition) is 4. The van der Waals surface area contributed by atoms with Gasteiger partial charge in [0.05, 0.1) is 6.61 Å². The minimum Gasteiger partial charge on any atom is -1.00 e. The molecule has 0 radical (unpaired) electrons. The third kappa shape index (κ3) is 7.49. The molecule has 10 heavy (non-hydrogen) atoms. The molecule has 2 atom stereocenters. The van der Waals surface area contributed by atoms with Gasteiger partial charge in [-0.25, -0.2) is 0 Å². The second-order valence-electron chi connectivity index (χ2n) is 1.30. The summed E-state index contributed by atoms with van der Waals surface area (Å²) >= 11 is 1.44. The smallest absolute Gasteiger partial charge is 1.00 e. The Hall–Kier alpha value is 1.38.